The van der Waals surface area contributed by atoms with Crippen molar-refractivity contribution < 1.29 is 9.18 Å². The third-order valence-corrected chi connectivity index (χ3v) is 4.64. The van der Waals surface area contributed by atoms with Gasteiger partial charge in [-0.1, -0.05) is 0 Å². The maximum atomic E-state index is 13.1. The van der Waals surface area contributed by atoms with Gasteiger partial charge in [-0.3, -0.25) is 14.3 Å². The van der Waals surface area contributed by atoms with Gasteiger partial charge in [-0.25, -0.2) is 9.37 Å². The number of hydrogen-bond donors (Lipinski definition) is 0. The van der Waals surface area contributed by atoms with Crippen LogP contribution in [0.2, 0.25) is 0 Å². The van der Waals surface area contributed by atoms with E-state index in [0.29, 0.717) is 11.1 Å². The topological polar surface area (TPSA) is 52.2 Å². The molecule has 0 fully saturated rings. The average Bonchev–Trinajstić information content (AvgIpc) is 3.34. The summed E-state index contributed by atoms with van der Waals surface area (Å²) in [4.78, 5) is 21.5. The standard InChI is InChI=1S/C21H13FN4O/c22-16-3-1-14(2-4-16)21(27)26-9-6-17-18(12-23-13-19(17)26)15-5-8-25-10-7-24-20(25)11-15/h1-13H. The molecule has 0 saturated carbocycles. The highest BCUT2D eigenvalue weighted by atomic mass is 19.1. The number of imidazole rings is 1. The fraction of sp³-hybridized carbons (Fsp3) is 0. The van der Waals surface area contributed by atoms with Crippen LogP contribution in [0.1, 0.15) is 10.4 Å². The van der Waals surface area contributed by atoms with Gasteiger partial charge in [-0.05, 0) is 48.0 Å². The van der Waals surface area contributed by atoms with E-state index in [2.05, 4.69) is 9.97 Å². The van der Waals surface area contributed by atoms with E-state index >= 15 is 0 Å². The Balaban J connectivity index is 1.64. The fourth-order valence-corrected chi connectivity index (χ4v) is 3.27. The van der Waals surface area contributed by atoms with E-state index in [0.717, 1.165) is 22.2 Å². The van der Waals surface area contributed by atoms with Gasteiger partial charge < -0.3 is 4.40 Å². The Morgan fingerprint density at radius 2 is 1.81 bits per heavy atom. The summed E-state index contributed by atoms with van der Waals surface area (Å²) in [5.41, 5.74) is 3.84. The first-order chi connectivity index (χ1) is 13.2. The minimum atomic E-state index is -0.373. The third kappa shape index (κ3) is 2.50. The van der Waals surface area contributed by atoms with Crippen LogP contribution in [0, 0.1) is 5.82 Å². The molecule has 0 amide bonds. The second-order valence-electron chi connectivity index (χ2n) is 6.23. The lowest BCUT2D eigenvalue weighted by Gasteiger charge is -2.07. The lowest BCUT2D eigenvalue weighted by molar-refractivity contribution is 0.0965. The molecule has 0 N–H and O–H groups in total. The molecule has 130 valence electrons. The Hall–Kier alpha value is -3.80. The highest BCUT2D eigenvalue weighted by Crippen LogP contribution is 2.29. The predicted molar refractivity (Wildman–Crippen MR) is 100 cm³/mol. The van der Waals surface area contributed by atoms with Crippen LogP contribution in [-0.2, 0) is 0 Å². The number of aromatic nitrogens is 4. The van der Waals surface area contributed by atoms with Crippen molar-refractivity contribution in [3.05, 3.63) is 91.0 Å². The van der Waals surface area contributed by atoms with E-state index in [4.69, 9.17) is 0 Å². The van der Waals surface area contributed by atoms with Crippen molar-refractivity contribution in [3.63, 3.8) is 0 Å². The molecule has 0 aliphatic heterocycles. The highest BCUT2D eigenvalue weighted by Gasteiger charge is 2.15. The molecule has 0 atom stereocenters. The number of benzene rings is 1. The van der Waals surface area contributed by atoms with Crippen LogP contribution in [0.3, 0.4) is 0 Å². The Bertz CT molecular complexity index is 1300. The molecule has 0 spiro atoms. The largest absolute Gasteiger partial charge is 0.307 e. The van der Waals surface area contributed by atoms with Crippen LogP contribution in [-0.4, -0.2) is 24.8 Å². The Morgan fingerprint density at radius 1 is 0.963 bits per heavy atom. The second kappa shape index (κ2) is 5.88. The lowest BCUT2D eigenvalue weighted by atomic mass is 10.1. The molecule has 0 unspecified atom stereocenters. The summed E-state index contributed by atoms with van der Waals surface area (Å²) in [7, 11) is 0. The van der Waals surface area contributed by atoms with Crippen molar-refractivity contribution in [2.45, 2.75) is 0 Å². The van der Waals surface area contributed by atoms with Gasteiger partial charge >= 0.3 is 0 Å². The molecule has 0 saturated heterocycles. The fourth-order valence-electron chi connectivity index (χ4n) is 3.27. The molecule has 0 radical (unpaired) electrons. The normalized spacial score (nSPS) is 11.3. The van der Waals surface area contributed by atoms with Crippen molar-refractivity contribution in [1.29, 1.82) is 0 Å². The second-order valence-corrected chi connectivity index (χ2v) is 6.23. The van der Waals surface area contributed by atoms with E-state index < -0.39 is 0 Å². The number of hydrogen-bond acceptors (Lipinski definition) is 3. The monoisotopic (exact) mass is 356 g/mol. The van der Waals surface area contributed by atoms with Crippen molar-refractivity contribution in [2.24, 2.45) is 0 Å². The van der Waals surface area contributed by atoms with Crippen LogP contribution in [0.5, 0.6) is 0 Å². The molecule has 0 aliphatic rings. The Morgan fingerprint density at radius 3 is 2.67 bits per heavy atom. The molecule has 5 rings (SSSR count). The van der Waals surface area contributed by atoms with Gasteiger partial charge in [0.25, 0.3) is 5.91 Å². The van der Waals surface area contributed by atoms with E-state index in [1.807, 2.05) is 35.0 Å². The summed E-state index contributed by atoms with van der Waals surface area (Å²) >= 11 is 0. The van der Waals surface area contributed by atoms with Gasteiger partial charge in [-0.15, -0.1) is 0 Å². The summed E-state index contributed by atoms with van der Waals surface area (Å²) in [6.07, 6.45) is 10.7. The Kier molecular flexibility index (Phi) is 3.36. The summed E-state index contributed by atoms with van der Waals surface area (Å²) < 4.78 is 16.6. The number of rotatable bonds is 2. The third-order valence-electron chi connectivity index (χ3n) is 4.64. The zero-order valence-electron chi connectivity index (χ0n) is 14.1. The average molecular weight is 356 g/mol. The number of halogens is 1. The number of fused-ring (bicyclic) bond motifs is 2. The van der Waals surface area contributed by atoms with Crippen LogP contribution in [0.4, 0.5) is 4.39 Å². The van der Waals surface area contributed by atoms with Gasteiger partial charge in [0.05, 0.1) is 11.7 Å². The smallest absolute Gasteiger partial charge is 0.262 e. The maximum absolute atomic E-state index is 13.1. The molecule has 27 heavy (non-hydrogen) atoms. The lowest BCUT2D eigenvalue weighted by Crippen LogP contribution is -2.10. The van der Waals surface area contributed by atoms with Gasteiger partial charge in [0, 0.05) is 47.5 Å². The van der Waals surface area contributed by atoms with Crippen molar-refractivity contribution >= 4 is 22.5 Å². The SMILES string of the molecule is O=C(c1ccc(F)cc1)n1ccc2c(-c3ccn4ccnc4c3)cncc21. The van der Waals surface area contributed by atoms with E-state index in [-0.39, 0.29) is 11.7 Å². The summed E-state index contributed by atoms with van der Waals surface area (Å²) in [6, 6.07) is 11.4. The summed E-state index contributed by atoms with van der Waals surface area (Å²) in [5, 5.41) is 0.913. The number of pyridine rings is 2. The minimum Gasteiger partial charge on any atom is -0.307 e. The predicted octanol–water partition coefficient (Wildman–Crippen LogP) is 4.18. The molecule has 4 aromatic heterocycles. The zero-order valence-corrected chi connectivity index (χ0v) is 14.1. The van der Waals surface area contributed by atoms with Gasteiger partial charge in [0.15, 0.2) is 0 Å². The first-order valence-electron chi connectivity index (χ1n) is 8.39. The van der Waals surface area contributed by atoms with Crippen molar-refractivity contribution in [2.75, 3.05) is 0 Å². The van der Waals surface area contributed by atoms with E-state index in [9.17, 15) is 9.18 Å². The first kappa shape index (κ1) is 15.5. The van der Waals surface area contributed by atoms with Crippen LogP contribution < -0.4 is 0 Å². The van der Waals surface area contributed by atoms with Crippen molar-refractivity contribution in [1.82, 2.24) is 18.9 Å². The number of carbonyl (C=O) groups excluding carboxylic acids is 1. The molecule has 1 aromatic carbocycles. The molecular formula is C21H13FN4O. The Labute approximate surface area is 153 Å². The van der Waals surface area contributed by atoms with Crippen LogP contribution in [0.15, 0.2) is 79.6 Å². The zero-order chi connectivity index (χ0) is 18.4. The molecular weight excluding hydrogens is 343 g/mol. The minimum absolute atomic E-state index is 0.229. The molecule has 4 heterocycles. The van der Waals surface area contributed by atoms with Gasteiger partial charge in [-0.2, -0.15) is 0 Å². The summed E-state index contributed by atoms with van der Waals surface area (Å²) in [5.74, 6) is -0.602. The molecule has 5 nitrogen and oxygen atoms in total. The van der Waals surface area contributed by atoms with Crippen LogP contribution in [0.25, 0.3) is 27.7 Å². The molecule has 0 bridgehead atoms. The van der Waals surface area contributed by atoms with E-state index in [1.54, 1.807) is 24.8 Å². The molecule has 5 aromatic rings. The number of nitrogens with zero attached hydrogens (tertiary/aromatic N) is 4. The van der Waals surface area contributed by atoms with Crippen LogP contribution >= 0.6 is 0 Å². The quantitative estimate of drug-likeness (QED) is 0.477. The highest BCUT2D eigenvalue weighted by molar-refractivity contribution is 6.05. The summed E-state index contributed by atoms with van der Waals surface area (Å²) in [6.45, 7) is 0. The van der Waals surface area contributed by atoms with Gasteiger partial charge in [0.2, 0.25) is 0 Å². The molecule has 0 aliphatic carbocycles. The van der Waals surface area contributed by atoms with E-state index in [1.165, 1.54) is 28.8 Å². The molecule has 6 heteroatoms. The van der Waals surface area contributed by atoms with Crippen molar-refractivity contribution in [3.8, 4) is 11.1 Å². The van der Waals surface area contributed by atoms with Gasteiger partial charge in [0.1, 0.15) is 11.5 Å². The first-order valence-corrected chi connectivity index (χ1v) is 8.39. The number of carbonyl (C=O) groups is 1. The maximum Gasteiger partial charge on any atom is 0.262 e.